The second-order valence-electron chi connectivity index (χ2n) is 1.73. The number of aliphatic hydroxyl groups is 4. The van der Waals surface area contributed by atoms with Gasteiger partial charge >= 0.3 is 0 Å². The molecule has 0 saturated carbocycles. The van der Waals surface area contributed by atoms with E-state index in [-0.39, 0.29) is 11.5 Å². The minimum absolute atomic E-state index is 0.0489. The summed E-state index contributed by atoms with van der Waals surface area (Å²) in [5, 5.41) is 34.5. The van der Waals surface area contributed by atoms with Crippen LogP contribution in [0.3, 0.4) is 0 Å². The predicted molar refractivity (Wildman–Crippen MR) is 43.5 cm³/mol. The third kappa shape index (κ3) is 3.31. The lowest BCUT2D eigenvalue weighted by molar-refractivity contribution is 0.291. The van der Waals surface area contributed by atoms with Gasteiger partial charge < -0.3 is 20.4 Å². The van der Waals surface area contributed by atoms with Gasteiger partial charge in [0, 0.05) is 0 Å². The highest BCUT2D eigenvalue weighted by atomic mass is 32.1. The molecule has 4 nitrogen and oxygen atoms in total. The van der Waals surface area contributed by atoms with Crippen LogP contribution in [-0.4, -0.2) is 33.6 Å². The molecule has 0 saturated heterocycles. The summed E-state index contributed by atoms with van der Waals surface area (Å²) >= 11 is 3.65. The SMILES string of the molecule is OC/C=C(O)\C(O)=C(\S)CO. The van der Waals surface area contributed by atoms with Crippen molar-refractivity contribution in [3.05, 3.63) is 22.5 Å². The van der Waals surface area contributed by atoms with E-state index in [4.69, 9.17) is 20.4 Å². The Bertz CT molecular complexity index is 185. The Kier molecular flexibility index (Phi) is 4.76. The van der Waals surface area contributed by atoms with Gasteiger partial charge in [0.1, 0.15) is 0 Å². The van der Waals surface area contributed by atoms with Gasteiger partial charge in [0.25, 0.3) is 0 Å². The van der Waals surface area contributed by atoms with Crippen molar-refractivity contribution in [3.8, 4) is 0 Å². The van der Waals surface area contributed by atoms with Gasteiger partial charge in [-0.3, -0.25) is 0 Å². The van der Waals surface area contributed by atoms with E-state index in [1.807, 2.05) is 0 Å². The Hall–Kier alpha value is -0.650. The maximum Gasteiger partial charge on any atom is 0.168 e. The first-order valence-electron chi connectivity index (χ1n) is 2.85. The second-order valence-corrected chi connectivity index (χ2v) is 2.27. The maximum atomic E-state index is 8.93. The molecule has 0 fully saturated rings. The Morgan fingerprint density at radius 1 is 1.27 bits per heavy atom. The molecule has 0 atom stereocenters. The molecule has 0 aliphatic rings. The zero-order valence-corrected chi connectivity index (χ0v) is 6.62. The summed E-state index contributed by atoms with van der Waals surface area (Å²) in [5.74, 6) is -1.02. The lowest BCUT2D eigenvalue weighted by Gasteiger charge is -2.00. The minimum Gasteiger partial charge on any atom is -0.504 e. The van der Waals surface area contributed by atoms with E-state index in [1.165, 1.54) is 0 Å². The van der Waals surface area contributed by atoms with Crippen LogP contribution in [0, 0.1) is 0 Å². The summed E-state index contributed by atoms with van der Waals surface area (Å²) in [6.07, 6.45) is 0.987. The largest absolute Gasteiger partial charge is 0.504 e. The molecule has 0 heterocycles. The summed E-state index contributed by atoms with van der Waals surface area (Å²) in [4.78, 5) is -0.0489. The molecule has 0 amide bonds. The van der Waals surface area contributed by atoms with Crippen molar-refractivity contribution in [2.75, 3.05) is 13.2 Å². The monoisotopic (exact) mass is 178 g/mol. The second kappa shape index (κ2) is 5.06. The maximum absolute atomic E-state index is 8.93. The number of rotatable bonds is 3. The van der Waals surface area contributed by atoms with Crippen LogP contribution >= 0.6 is 12.6 Å². The van der Waals surface area contributed by atoms with Crippen molar-refractivity contribution < 1.29 is 20.4 Å². The van der Waals surface area contributed by atoms with E-state index >= 15 is 0 Å². The zero-order chi connectivity index (χ0) is 8.85. The number of hydrogen-bond acceptors (Lipinski definition) is 5. The van der Waals surface area contributed by atoms with Crippen molar-refractivity contribution in [3.63, 3.8) is 0 Å². The fraction of sp³-hybridized carbons (Fsp3) is 0.333. The van der Waals surface area contributed by atoms with Crippen LogP contribution in [0.25, 0.3) is 0 Å². The van der Waals surface area contributed by atoms with Crippen LogP contribution in [-0.2, 0) is 0 Å². The van der Waals surface area contributed by atoms with E-state index in [9.17, 15) is 0 Å². The molecule has 0 aromatic heterocycles. The van der Waals surface area contributed by atoms with E-state index in [1.54, 1.807) is 0 Å². The van der Waals surface area contributed by atoms with Crippen molar-refractivity contribution in [1.29, 1.82) is 0 Å². The lowest BCUT2D eigenvalue weighted by Crippen LogP contribution is -1.95. The van der Waals surface area contributed by atoms with Gasteiger partial charge in [0.2, 0.25) is 0 Å². The van der Waals surface area contributed by atoms with Gasteiger partial charge in [0.15, 0.2) is 11.5 Å². The first-order valence-corrected chi connectivity index (χ1v) is 3.30. The smallest absolute Gasteiger partial charge is 0.168 e. The van der Waals surface area contributed by atoms with Crippen LogP contribution in [0.1, 0.15) is 0 Å². The molecule has 0 aromatic rings. The predicted octanol–water partition coefficient (Wildman–Crippen LogP) is 0.112. The van der Waals surface area contributed by atoms with Crippen molar-refractivity contribution in [2.24, 2.45) is 0 Å². The summed E-state index contributed by atoms with van der Waals surface area (Å²) in [6, 6.07) is 0. The molecular weight excluding hydrogens is 168 g/mol. The summed E-state index contributed by atoms with van der Waals surface area (Å²) in [6.45, 7) is -0.847. The van der Waals surface area contributed by atoms with Crippen LogP contribution < -0.4 is 0 Å². The van der Waals surface area contributed by atoms with Crippen LogP contribution in [0.2, 0.25) is 0 Å². The third-order valence-electron chi connectivity index (χ3n) is 0.950. The normalized spacial score (nSPS) is 14.6. The van der Waals surface area contributed by atoms with Gasteiger partial charge in [-0.1, -0.05) is 0 Å². The third-order valence-corrected chi connectivity index (χ3v) is 1.30. The van der Waals surface area contributed by atoms with E-state index in [2.05, 4.69) is 12.6 Å². The summed E-state index contributed by atoms with van der Waals surface area (Å²) in [7, 11) is 0. The molecule has 4 N–H and O–H groups in total. The first kappa shape index (κ1) is 10.3. The number of thiol groups is 1. The molecule has 0 aromatic carbocycles. The van der Waals surface area contributed by atoms with Crippen LogP contribution in [0.15, 0.2) is 22.5 Å². The highest BCUT2D eigenvalue weighted by Gasteiger charge is 2.04. The van der Waals surface area contributed by atoms with Crippen molar-refractivity contribution >= 4 is 12.6 Å². The highest BCUT2D eigenvalue weighted by molar-refractivity contribution is 7.84. The Labute approximate surface area is 69.5 Å². The van der Waals surface area contributed by atoms with Gasteiger partial charge in [0.05, 0.1) is 18.1 Å². The summed E-state index contributed by atoms with van der Waals surface area (Å²) < 4.78 is 0. The fourth-order valence-electron chi connectivity index (χ4n) is 0.406. The standard InChI is InChI=1S/C6H10O4S/c7-2-1-4(9)6(10)5(11)3-8/h1,7-11H,2-3H2/b4-1+,6-5-. The molecule has 0 rings (SSSR count). The minimum atomic E-state index is -0.523. The summed E-state index contributed by atoms with van der Waals surface area (Å²) in [5.41, 5.74) is 0. The Balaban J connectivity index is 4.46. The van der Waals surface area contributed by atoms with E-state index in [0.717, 1.165) is 6.08 Å². The average molecular weight is 178 g/mol. The lowest BCUT2D eigenvalue weighted by atomic mass is 10.3. The topological polar surface area (TPSA) is 80.9 Å². The fourth-order valence-corrected chi connectivity index (χ4v) is 0.520. The Morgan fingerprint density at radius 2 is 1.82 bits per heavy atom. The molecule has 0 radical (unpaired) electrons. The molecule has 0 aliphatic carbocycles. The highest BCUT2D eigenvalue weighted by Crippen LogP contribution is 2.11. The van der Waals surface area contributed by atoms with Gasteiger partial charge in [-0.15, -0.1) is 12.6 Å². The number of hydrogen-bond donors (Lipinski definition) is 5. The molecule has 0 aliphatic heterocycles. The van der Waals surface area contributed by atoms with Crippen LogP contribution in [0.5, 0.6) is 0 Å². The van der Waals surface area contributed by atoms with Crippen molar-refractivity contribution in [2.45, 2.75) is 0 Å². The molecule has 0 spiro atoms. The zero-order valence-electron chi connectivity index (χ0n) is 5.73. The molecule has 11 heavy (non-hydrogen) atoms. The van der Waals surface area contributed by atoms with Gasteiger partial charge in [-0.05, 0) is 6.08 Å². The average Bonchev–Trinajstić information content (AvgIpc) is 2.02. The molecular formula is C6H10O4S. The first-order chi connectivity index (χ1) is 5.13. The van der Waals surface area contributed by atoms with E-state index in [0.29, 0.717) is 0 Å². The van der Waals surface area contributed by atoms with Gasteiger partial charge in [-0.2, -0.15) is 0 Å². The Morgan fingerprint density at radius 3 is 2.18 bits per heavy atom. The molecule has 64 valence electrons. The molecule has 5 heteroatoms. The van der Waals surface area contributed by atoms with Crippen molar-refractivity contribution in [1.82, 2.24) is 0 Å². The quantitative estimate of drug-likeness (QED) is 0.241. The number of aliphatic hydroxyl groups excluding tert-OH is 4. The van der Waals surface area contributed by atoms with E-state index < -0.39 is 18.1 Å². The molecule has 0 bridgehead atoms. The molecule has 0 unspecified atom stereocenters. The van der Waals surface area contributed by atoms with Crippen LogP contribution in [0.4, 0.5) is 0 Å². The van der Waals surface area contributed by atoms with Gasteiger partial charge in [-0.25, -0.2) is 0 Å².